The Morgan fingerprint density at radius 2 is 0.912 bits per heavy atom. The maximum absolute atomic E-state index is 6.16. The van der Waals surface area contributed by atoms with E-state index in [1.807, 2.05) is 48.5 Å². The molecular weight excluding hydrogens is 552 g/mol. The van der Waals surface area contributed by atoms with Crippen LogP contribution in [0.15, 0.2) is 106 Å². The molecule has 2 nitrogen and oxygen atoms in total. The Hall–Kier alpha value is -2.56. The summed E-state index contributed by atoms with van der Waals surface area (Å²) >= 11 is 7.23. The zero-order valence-corrected chi connectivity index (χ0v) is 22.2. The van der Waals surface area contributed by atoms with Gasteiger partial charge in [-0.1, -0.05) is 92.5 Å². The maximum atomic E-state index is 6.16. The van der Waals surface area contributed by atoms with E-state index in [9.17, 15) is 0 Å². The second-order valence-electron chi connectivity index (χ2n) is 8.26. The summed E-state index contributed by atoms with van der Waals surface area (Å²) in [5.74, 6) is 1.92. The Kier molecular flexibility index (Phi) is 9.23. The van der Waals surface area contributed by atoms with Gasteiger partial charge in [0, 0.05) is 8.95 Å². The quantitative estimate of drug-likeness (QED) is 0.165. The molecule has 0 aliphatic carbocycles. The number of aryl methyl sites for hydroxylation is 2. The van der Waals surface area contributed by atoms with Gasteiger partial charge in [0.05, 0.1) is 0 Å². The van der Waals surface area contributed by atoms with Gasteiger partial charge in [-0.2, -0.15) is 0 Å². The minimum Gasteiger partial charge on any atom is -0.489 e. The van der Waals surface area contributed by atoms with Crippen molar-refractivity contribution < 1.29 is 9.47 Å². The van der Waals surface area contributed by atoms with E-state index in [-0.39, 0.29) is 0 Å². The van der Waals surface area contributed by atoms with Gasteiger partial charge in [-0.25, -0.2) is 0 Å². The molecule has 4 rings (SSSR count). The van der Waals surface area contributed by atoms with Crippen molar-refractivity contribution in [1.82, 2.24) is 0 Å². The van der Waals surface area contributed by atoms with Gasteiger partial charge in [-0.3, -0.25) is 0 Å². The van der Waals surface area contributed by atoms with Crippen molar-refractivity contribution in [2.75, 3.05) is 0 Å². The average Bonchev–Trinajstić information content (AvgIpc) is 2.87. The highest BCUT2D eigenvalue weighted by Gasteiger charge is 2.08. The zero-order valence-electron chi connectivity index (χ0n) is 19.1. The molecule has 4 aromatic carbocycles. The number of ether oxygens (including phenoxy) is 2. The summed E-state index contributed by atoms with van der Waals surface area (Å²) in [5, 5.41) is 0. The largest absolute Gasteiger partial charge is 0.489 e. The van der Waals surface area contributed by atoms with Gasteiger partial charge in [0.25, 0.3) is 0 Å². The molecule has 0 fully saturated rings. The SMILES string of the molecule is Brc1ccc(OCc2ccccc2)c(CCCCc2cc(Br)ccc2OCc2ccccc2)c1. The summed E-state index contributed by atoms with van der Waals surface area (Å²) in [5.41, 5.74) is 4.82. The van der Waals surface area contributed by atoms with Crippen molar-refractivity contribution in [2.45, 2.75) is 38.9 Å². The van der Waals surface area contributed by atoms with Gasteiger partial charge in [0.2, 0.25) is 0 Å². The third kappa shape index (κ3) is 7.48. The first kappa shape index (κ1) is 24.6. The molecule has 0 heterocycles. The standard InChI is InChI=1S/C30H28Br2O2/c31-27-15-17-29(33-21-23-9-3-1-4-10-23)25(19-27)13-7-8-14-26-20-28(32)16-18-30(26)34-22-24-11-5-2-6-12-24/h1-6,9-12,15-20H,7-8,13-14,21-22H2. The molecule has 174 valence electrons. The summed E-state index contributed by atoms with van der Waals surface area (Å²) in [6, 6.07) is 33.1. The predicted octanol–water partition coefficient (Wildman–Crippen LogP) is 8.94. The zero-order chi connectivity index (χ0) is 23.6. The highest BCUT2D eigenvalue weighted by molar-refractivity contribution is 9.10. The summed E-state index contributed by atoms with van der Waals surface area (Å²) in [4.78, 5) is 0. The Balaban J connectivity index is 1.33. The number of hydrogen-bond acceptors (Lipinski definition) is 2. The van der Waals surface area contributed by atoms with Crippen LogP contribution in [0, 0.1) is 0 Å². The highest BCUT2D eigenvalue weighted by atomic mass is 79.9. The molecule has 0 bridgehead atoms. The topological polar surface area (TPSA) is 18.5 Å². The monoisotopic (exact) mass is 578 g/mol. The molecular formula is C30H28Br2O2. The van der Waals surface area contributed by atoms with Crippen molar-refractivity contribution in [3.63, 3.8) is 0 Å². The molecule has 0 amide bonds. The first-order valence-corrected chi connectivity index (χ1v) is 13.2. The van der Waals surface area contributed by atoms with E-state index >= 15 is 0 Å². The molecule has 4 heteroatoms. The lowest BCUT2D eigenvalue weighted by Gasteiger charge is -2.14. The molecule has 0 unspecified atom stereocenters. The minimum atomic E-state index is 0.579. The molecule has 0 aliphatic heterocycles. The lowest BCUT2D eigenvalue weighted by atomic mass is 10.0. The van der Waals surface area contributed by atoms with E-state index in [1.54, 1.807) is 0 Å². The van der Waals surface area contributed by atoms with Crippen LogP contribution < -0.4 is 9.47 Å². The van der Waals surface area contributed by atoms with E-state index in [0.717, 1.165) is 46.1 Å². The van der Waals surface area contributed by atoms with Crippen LogP contribution in [0.1, 0.15) is 35.1 Å². The molecule has 0 aromatic heterocycles. The lowest BCUT2D eigenvalue weighted by molar-refractivity contribution is 0.301. The maximum Gasteiger partial charge on any atom is 0.123 e. The van der Waals surface area contributed by atoms with Crippen LogP contribution in [0.3, 0.4) is 0 Å². The van der Waals surface area contributed by atoms with Crippen LogP contribution in [0.2, 0.25) is 0 Å². The van der Waals surface area contributed by atoms with Crippen molar-refractivity contribution in [3.8, 4) is 11.5 Å². The third-order valence-electron chi connectivity index (χ3n) is 5.66. The molecule has 0 aliphatic rings. The van der Waals surface area contributed by atoms with Crippen LogP contribution in [-0.4, -0.2) is 0 Å². The van der Waals surface area contributed by atoms with Crippen LogP contribution in [0.4, 0.5) is 0 Å². The Morgan fingerprint density at radius 3 is 1.32 bits per heavy atom. The number of benzene rings is 4. The van der Waals surface area contributed by atoms with Crippen LogP contribution in [-0.2, 0) is 26.1 Å². The van der Waals surface area contributed by atoms with Crippen LogP contribution in [0.25, 0.3) is 0 Å². The molecule has 0 saturated carbocycles. The smallest absolute Gasteiger partial charge is 0.123 e. The highest BCUT2D eigenvalue weighted by Crippen LogP contribution is 2.28. The van der Waals surface area contributed by atoms with Crippen molar-refractivity contribution in [1.29, 1.82) is 0 Å². The number of rotatable bonds is 11. The third-order valence-corrected chi connectivity index (χ3v) is 6.65. The molecule has 0 spiro atoms. The van der Waals surface area contributed by atoms with E-state index in [4.69, 9.17) is 9.47 Å². The molecule has 0 radical (unpaired) electrons. The van der Waals surface area contributed by atoms with E-state index < -0.39 is 0 Å². The summed E-state index contributed by atoms with van der Waals surface area (Å²) in [6.45, 7) is 1.16. The first-order chi connectivity index (χ1) is 16.7. The summed E-state index contributed by atoms with van der Waals surface area (Å²) in [6.07, 6.45) is 4.08. The van der Waals surface area contributed by atoms with E-state index in [0.29, 0.717) is 13.2 Å². The molecule has 0 saturated heterocycles. The number of halogens is 2. The van der Waals surface area contributed by atoms with Gasteiger partial charge in [-0.15, -0.1) is 0 Å². The van der Waals surface area contributed by atoms with Gasteiger partial charge in [0.15, 0.2) is 0 Å². The summed E-state index contributed by atoms with van der Waals surface area (Å²) < 4.78 is 14.5. The van der Waals surface area contributed by atoms with Gasteiger partial charge < -0.3 is 9.47 Å². The fraction of sp³-hybridized carbons (Fsp3) is 0.200. The van der Waals surface area contributed by atoms with Crippen molar-refractivity contribution >= 4 is 31.9 Å². The number of hydrogen-bond donors (Lipinski definition) is 0. The normalized spacial score (nSPS) is 10.8. The summed E-state index contributed by atoms with van der Waals surface area (Å²) in [7, 11) is 0. The lowest BCUT2D eigenvalue weighted by Crippen LogP contribution is -2.00. The van der Waals surface area contributed by atoms with E-state index in [2.05, 4.69) is 80.4 Å². The molecule has 0 N–H and O–H groups in total. The molecule has 34 heavy (non-hydrogen) atoms. The fourth-order valence-electron chi connectivity index (χ4n) is 3.87. The Morgan fingerprint density at radius 1 is 0.500 bits per heavy atom. The van der Waals surface area contributed by atoms with Crippen LogP contribution >= 0.6 is 31.9 Å². The van der Waals surface area contributed by atoms with Gasteiger partial charge >= 0.3 is 0 Å². The molecule has 0 atom stereocenters. The fourth-order valence-corrected chi connectivity index (χ4v) is 4.69. The van der Waals surface area contributed by atoms with Crippen molar-refractivity contribution in [3.05, 3.63) is 128 Å². The number of unbranched alkanes of at least 4 members (excludes halogenated alkanes) is 1. The van der Waals surface area contributed by atoms with Crippen molar-refractivity contribution in [2.24, 2.45) is 0 Å². The van der Waals surface area contributed by atoms with E-state index in [1.165, 1.54) is 22.3 Å². The Bertz CT molecular complexity index is 1080. The van der Waals surface area contributed by atoms with Gasteiger partial charge in [0.1, 0.15) is 24.7 Å². The Labute approximate surface area is 219 Å². The minimum absolute atomic E-state index is 0.579. The second kappa shape index (κ2) is 12.8. The van der Waals surface area contributed by atoms with Gasteiger partial charge in [-0.05, 0) is 84.3 Å². The molecule has 4 aromatic rings. The second-order valence-corrected chi connectivity index (χ2v) is 10.1. The van der Waals surface area contributed by atoms with Crippen LogP contribution in [0.5, 0.6) is 11.5 Å². The first-order valence-electron chi connectivity index (χ1n) is 11.6. The predicted molar refractivity (Wildman–Crippen MR) is 146 cm³/mol. The average molecular weight is 580 g/mol.